The molecule has 4 rings (SSSR count). The lowest BCUT2D eigenvalue weighted by Crippen LogP contribution is -2.34. The molecule has 0 heterocycles. The second kappa shape index (κ2) is 12.3. The van der Waals surface area contributed by atoms with Gasteiger partial charge in [-0.05, 0) is 72.8 Å². The molecule has 1 saturated carbocycles. The van der Waals surface area contributed by atoms with E-state index in [4.69, 9.17) is 28.9 Å². The van der Waals surface area contributed by atoms with Gasteiger partial charge in [0, 0.05) is 39.9 Å². The summed E-state index contributed by atoms with van der Waals surface area (Å²) in [7, 11) is 0. The van der Waals surface area contributed by atoms with Crippen LogP contribution in [0.5, 0.6) is 0 Å². The average molecular weight is 511 g/mol. The van der Waals surface area contributed by atoms with E-state index in [1.165, 1.54) is 31.2 Å². The second-order valence-electron chi connectivity index (χ2n) is 9.16. The van der Waals surface area contributed by atoms with E-state index in [1.54, 1.807) is 18.2 Å². The van der Waals surface area contributed by atoms with Gasteiger partial charge in [-0.1, -0.05) is 72.4 Å². The third kappa shape index (κ3) is 7.63. The third-order valence-corrected chi connectivity index (χ3v) is 6.95. The van der Waals surface area contributed by atoms with Crippen LogP contribution in [0.4, 0.5) is 16.2 Å². The molecule has 35 heavy (non-hydrogen) atoms. The minimum Gasteiger partial charge on any atom is -0.399 e. The molecular weight excluding hydrogens is 479 g/mol. The van der Waals surface area contributed by atoms with E-state index in [2.05, 4.69) is 46.3 Å². The summed E-state index contributed by atoms with van der Waals surface area (Å²) in [6.07, 6.45) is 6.05. The predicted molar refractivity (Wildman–Crippen MR) is 147 cm³/mol. The molecule has 7 heteroatoms. The van der Waals surface area contributed by atoms with Gasteiger partial charge >= 0.3 is 6.03 Å². The Morgan fingerprint density at radius 3 is 2.34 bits per heavy atom. The van der Waals surface area contributed by atoms with E-state index >= 15 is 0 Å². The monoisotopic (exact) mass is 510 g/mol. The fraction of sp³-hybridized carbons (Fsp3) is 0.321. The first-order chi connectivity index (χ1) is 17.0. The highest BCUT2D eigenvalue weighted by Crippen LogP contribution is 2.26. The number of hydrogen-bond donors (Lipinski definition) is 4. The number of nitrogen functional groups attached to an aromatic ring is 1. The molecule has 5 N–H and O–H groups in total. The number of nitrogens with one attached hydrogen (secondary N) is 3. The molecule has 1 atom stereocenters. The highest BCUT2D eigenvalue weighted by Gasteiger charge is 2.17. The minimum absolute atomic E-state index is 0.174. The van der Waals surface area contributed by atoms with E-state index in [-0.39, 0.29) is 11.9 Å². The first-order valence-corrected chi connectivity index (χ1v) is 12.9. The predicted octanol–water partition coefficient (Wildman–Crippen LogP) is 7.07. The van der Waals surface area contributed by atoms with E-state index in [0.717, 1.165) is 29.8 Å². The van der Waals surface area contributed by atoms with E-state index in [1.807, 2.05) is 18.2 Å². The van der Waals surface area contributed by atoms with E-state index < -0.39 is 0 Å². The van der Waals surface area contributed by atoms with Gasteiger partial charge in [0.2, 0.25) is 0 Å². The van der Waals surface area contributed by atoms with E-state index in [9.17, 15) is 4.79 Å². The van der Waals surface area contributed by atoms with Gasteiger partial charge in [0.15, 0.2) is 0 Å². The van der Waals surface area contributed by atoms with Gasteiger partial charge in [0.1, 0.15) is 0 Å². The smallest absolute Gasteiger partial charge is 0.319 e. The summed E-state index contributed by atoms with van der Waals surface area (Å²) in [5.41, 5.74) is 10.7. The molecule has 2 amide bonds. The van der Waals surface area contributed by atoms with Gasteiger partial charge in [-0.2, -0.15) is 0 Å². The number of rotatable bonds is 9. The minimum atomic E-state index is -0.284. The number of anilines is 2. The Balaban J connectivity index is 1.41. The molecular formula is C28H32Cl2N4O. The Kier molecular flexibility index (Phi) is 8.91. The van der Waals surface area contributed by atoms with Crippen molar-refractivity contribution in [2.24, 2.45) is 0 Å². The summed E-state index contributed by atoms with van der Waals surface area (Å²) < 4.78 is 0. The van der Waals surface area contributed by atoms with Crippen molar-refractivity contribution in [3.05, 3.63) is 82.3 Å². The molecule has 0 spiro atoms. The molecule has 0 aliphatic heterocycles. The van der Waals surface area contributed by atoms with Gasteiger partial charge < -0.3 is 21.7 Å². The number of hydrogen-bond acceptors (Lipinski definition) is 3. The van der Waals surface area contributed by atoms with Crippen molar-refractivity contribution < 1.29 is 4.79 Å². The number of carbonyl (C=O) groups is 1. The van der Waals surface area contributed by atoms with Crippen molar-refractivity contribution in [3.63, 3.8) is 0 Å². The lowest BCUT2D eigenvalue weighted by molar-refractivity contribution is 0.251. The van der Waals surface area contributed by atoms with Gasteiger partial charge in [0.05, 0.1) is 0 Å². The zero-order chi connectivity index (χ0) is 24.6. The number of nitrogens with two attached hydrogens (primary N) is 1. The van der Waals surface area contributed by atoms with Gasteiger partial charge in [0.25, 0.3) is 0 Å². The van der Waals surface area contributed by atoms with Crippen LogP contribution in [0.25, 0.3) is 11.1 Å². The van der Waals surface area contributed by atoms with Gasteiger partial charge in [-0.3, -0.25) is 0 Å². The van der Waals surface area contributed by atoms with Crippen LogP contribution >= 0.6 is 23.2 Å². The van der Waals surface area contributed by atoms with Gasteiger partial charge in [-0.25, -0.2) is 4.79 Å². The molecule has 0 radical (unpaired) electrons. The normalized spacial score (nSPS) is 14.6. The fourth-order valence-electron chi connectivity index (χ4n) is 4.66. The average Bonchev–Trinajstić information content (AvgIpc) is 3.34. The summed E-state index contributed by atoms with van der Waals surface area (Å²) in [5, 5.41) is 10.5. The zero-order valence-corrected chi connectivity index (χ0v) is 21.2. The molecule has 3 aromatic carbocycles. The van der Waals surface area contributed by atoms with Crippen LogP contribution in [0.1, 0.15) is 43.6 Å². The summed E-state index contributed by atoms with van der Waals surface area (Å²) >= 11 is 12.1. The third-order valence-electron chi connectivity index (χ3n) is 6.51. The Labute approximate surface area is 217 Å². The van der Waals surface area contributed by atoms with Crippen LogP contribution in [0.15, 0.2) is 66.7 Å². The standard InChI is InChI=1S/C28H32Cl2N4O/c29-23-15-24(30)17-27(16-23)34-28(35)33-18-22(12-13-32-26-6-1-2-7-26)20-10-8-19(9-11-20)21-4-3-5-25(31)14-21/h3-5,8-11,14-17,22,26,32H,1-2,6-7,12-13,18,31H2,(H2,33,34,35). The van der Waals surface area contributed by atoms with Crippen LogP contribution in [-0.2, 0) is 0 Å². The number of amides is 2. The molecule has 0 bridgehead atoms. The lowest BCUT2D eigenvalue weighted by atomic mass is 9.93. The van der Waals surface area contributed by atoms with Crippen LogP contribution in [-0.4, -0.2) is 25.2 Å². The molecule has 184 valence electrons. The molecule has 1 unspecified atom stereocenters. The summed E-state index contributed by atoms with van der Waals surface area (Å²) in [6, 6.07) is 21.7. The second-order valence-corrected chi connectivity index (χ2v) is 10.0. The Morgan fingerprint density at radius 2 is 1.66 bits per heavy atom. The van der Waals surface area contributed by atoms with Crippen molar-refractivity contribution >= 4 is 40.6 Å². The van der Waals surface area contributed by atoms with Crippen molar-refractivity contribution in [1.82, 2.24) is 10.6 Å². The number of halogens is 2. The maximum Gasteiger partial charge on any atom is 0.319 e. The van der Waals surface area contributed by atoms with Crippen molar-refractivity contribution in [3.8, 4) is 11.1 Å². The summed E-state index contributed by atoms with van der Waals surface area (Å²) in [6.45, 7) is 1.43. The largest absolute Gasteiger partial charge is 0.399 e. The SMILES string of the molecule is Nc1cccc(-c2ccc(C(CCNC3CCCC3)CNC(=O)Nc3cc(Cl)cc(Cl)c3)cc2)c1. The molecule has 3 aromatic rings. The van der Waals surface area contributed by atoms with Crippen molar-refractivity contribution in [1.29, 1.82) is 0 Å². The maximum absolute atomic E-state index is 12.6. The first-order valence-electron chi connectivity index (χ1n) is 12.2. The number of benzene rings is 3. The topological polar surface area (TPSA) is 79.2 Å². The maximum atomic E-state index is 12.6. The van der Waals surface area contributed by atoms with E-state index in [0.29, 0.717) is 28.3 Å². The quantitative estimate of drug-likeness (QED) is 0.232. The highest BCUT2D eigenvalue weighted by atomic mass is 35.5. The van der Waals surface area contributed by atoms with Crippen molar-refractivity contribution in [2.45, 2.75) is 44.1 Å². The Hall–Kier alpha value is -2.73. The molecule has 1 fully saturated rings. The number of carbonyl (C=O) groups excluding carboxylic acids is 1. The number of urea groups is 1. The van der Waals surface area contributed by atoms with Crippen molar-refractivity contribution in [2.75, 3.05) is 24.1 Å². The lowest BCUT2D eigenvalue weighted by Gasteiger charge is -2.21. The molecule has 0 aromatic heterocycles. The first kappa shape index (κ1) is 25.4. The zero-order valence-electron chi connectivity index (χ0n) is 19.7. The van der Waals surface area contributed by atoms with Crippen LogP contribution in [0.3, 0.4) is 0 Å². The molecule has 0 saturated heterocycles. The summed E-state index contributed by atoms with van der Waals surface area (Å²) in [4.78, 5) is 12.6. The van der Waals surface area contributed by atoms with Crippen LogP contribution in [0, 0.1) is 0 Å². The summed E-state index contributed by atoms with van der Waals surface area (Å²) in [5.74, 6) is 0.174. The van der Waals surface area contributed by atoms with Crippen LogP contribution < -0.4 is 21.7 Å². The Morgan fingerprint density at radius 1 is 0.943 bits per heavy atom. The Bertz CT molecular complexity index is 1110. The molecule has 1 aliphatic carbocycles. The molecule has 5 nitrogen and oxygen atoms in total. The van der Waals surface area contributed by atoms with Gasteiger partial charge in [-0.15, -0.1) is 0 Å². The fourth-order valence-corrected chi connectivity index (χ4v) is 5.19. The highest BCUT2D eigenvalue weighted by molar-refractivity contribution is 6.35. The van der Waals surface area contributed by atoms with Crippen LogP contribution in [0.2, 0.25) is 10.0 Å². The molecule has 1 aliphatic rings.